The molecule has 0 aromatic carbocycles. The van der Waals surface area contributed by atoms with Crippen molar-refractivity contribution in [2.75, 3.05) is 5.32 Å². The maximum atomic E-state index is 12.3. The van der Waals surface area contributed by atoms with Crippen molar-refractivity contribution in [3.8, 4) is 0 Å². The van der Waals surface area contributed by atoms with Gasteiger partial charge in [-0.15, -0.1) is 10.2 Å². The number of carbonyl (C=O) groups excluding carboxylic acids is 1. The van der Waals surface area contributed by atoms with Crippen LogP contribution >= 0.6 is 23.4 Å². The Labute approximate surface area is 137 Å². The van der Waals surface area contributed by atoms with Crippen LogP contribution in [0, 0.1) is 6.92 Å². The molecule has 2 aromatic heterocycles. The molecule has 1 amide bonds. The van der Waals surface area contributed by atoms with Crippen LogP contribution in [-0.4, -0.2) is 30.9 Å². The van der Waals surface area contributed by atoms with Crippen LogP contribution in [0.5, 0.6) is 0 Å². The number of rotatable bonds is 5. The first kappa shape index (κ1) is 15.3. The van der Waals surface area contributed by atoms with Crippen molar-refractivity contribution in [1.82, 2.24) is 19.7 Å². The highest BCUT2D eigenvalue weighted by Gasteiger charge is 2.29. The summed E-state index contributed by atoms with van der Waals surface area (Å²) in [5.74, 6) is 0.760. The fourth-order valence-electron chi connectivity index (χ4n) is 2.11. The van der Waals surface area contributed by atoms with E-state index in [0.717, 1.165) is 23.8 Å². The summed E-state index contributed by atoms with van der Waals surface area (Å²) in [6, 6.07) is 3.94. The molecule has 2 aromatic rings. The quantitative estimate of drug-likeness (QED) is 0.670. The van der Waals surface area contributed by atoms with E-state index in [1.165, 1.54) is 11.8 Å². The highest BCUT2D eigenvalue weighted by molar-refractivity contribution is 8.00. The van der Waals surface area contributed by atoms with Crippen LogP contribution in [0.1, 0.15) is 31.6 Å². The molecule has 116 valence electrons. The minimum atomic E-state index is -0.308. The van der Waals surface area contributed by atoms with Crippen molar-refractivity contribution in [2.45, 2.75) is 43.1 Å². The third-order valence-corrected chi connectivity index (χ3v) is 4.77. The third-order valence-electron chi connectivity index (χ3n) is 3.42. The normalized spacial score (nSPS) is 15.6. The Morgan fingerprint density at radius 3 is 2.95 bits per heavy atom. The summed E-state index contributed by atoms with van der Waals surface area (Å²) in [6.45, 7) is 3.78. The number of carbonyl (C=O) groups is 1. The minimum absolute atomic E-state index is 0.136. The molecule has 0 bridgehead atoms. The summed E-state index contributed by atoms with van der Waals surface area (Å²) in [5, 5.41) is 11.9. The minimum Gasteiger partial charge on any atom is -0.322 e. The summed E-state index contributed by atoms with van der Waals surface area (Å²) in [5.41, 5.74) is 0.515. The third kappa shape index (κ3) is 3.25. The average Bonchev–Trinajstić information content (AvgIpc) is 3.26. The molecule has 0 spiro atoms. The van der Waals surface area contributed by atoms with Gasteiger partial charge in [0.25, 0.3) is 0 Å². The van der Waals surface area contributed by atoms with Crippen molar-refractivity contribution >= 4 is 35.0 Å². The number of anilines is 1. The van der Waals surface area contributed by atoms with E-state index >= 15 is 0 Å². The molecule has 1 N–H and O–H groups in total. The van der Waals surface area contributed by atoms with E-state index in [0.29, 0.717) is 11.7 Å². The first-order valence-electron chi connectivity index (χ1n) is 7.06. The Morgan fingerprint density at radius 1 is 1.50 bits per heavy atom. The maximum Gasteiger partial charge on any atom is 0.237 e. The van der Waals surface area contributed by atoms with Gasteiger partial charge in [0.1, 0.15) is 5.82 Å². The highest BCUT2D eigenvalue weighted by atomic mass is 35.5. The van der Waals surface area contributed by atoms with E-state index in [2.05, 4.69) is 25.1 Å². The molecule has 1 aliphatic rings. The van der Waals surface area contributed by atoms with E-state index in [1.54, 1.807) is 18.3 Å². The second-order valence-electron chi connectivity index (χ2n) is 5.22. The zero-order valence-corrected chi connectivity index (χ0v) is 13.9. The molecule has 6 nitrogen and oxygen atoms in total. The number of aromatic nitrogens is 4. The SMILES string of the molecule is Cc1nnc(S[C@H](C)C(=O)Nc2cccnc2Cl)n1C1CC1. The molecule has 3 rings (SSSR count). The Bertz CT molecular complexity index is 700. The fraction of sp³-hybridized carbons (Fsp3) is 0.429. The number of halogens is 1. The summed E-state index contributed by atoms with van der Waals surface area (Å²) in [4.78, 5) is 16.2. The van der Waals surface area contributed by atoms with E-state index in [-0.39, 0.29) is 16.3 Å². The Morgan fingerprint density at radius 2 is 2.27 bits per heavy atom. The molecule has 1 atom stereocenters. The molecule has 8 heteroatoms. The Kier molecular flexibility index (Phi) is 4.35. The van der Waals surface area contributed by atoms with Crippen molar-refractivity contribution < 1.29 is 4.79 Å². The van der Waals surface area contributed by atoms with Crippen LogP contribution in [0.4, 0.5) is 5.69 Å². The lowest BCUT2D eigenvalue weighted by molar-refractivity contribution is -0.115. The molecule has 0 radical (unpaired) electrons. The molecule has 0 aliphatic heterocycles. The largest absolute Gasteiger partial charge is 0.322 e. The van der Waals surface area contributed by atoms with Gasteiger partial charge in [0, 0.05) is 12.2 Å². The Hall–Kier alpha value is -1.60. The van der Waals surface area contributed by atoms with Gasteiger partial charge in [-0.2, -0.15) is 0 Å². The van der Waals surface area contributed by atoms with Crippen LogP contribution in [0.3, 0.4) is 0 Å². The van der Waals surface area contributed by atoms with E-state index in [4.69, 9.17) is 11.6 Å². The molecule has 1 aliphatic carbocycles. The van der Waals surface area contributed by atoms with E-state index < -0.39 is 0 Å². The molecular weight excluding hydrogens is 322 g/mol. The van der Waals surface area contributed by atoms with Crippen molar-refractivity contribution in [2.24, 2.45) is 0 Å². The highest BCUT2D eigenvalue weighted by Crippen LogP contribution is 2.39. The van der Waals surface area contributed by atoms with Gasteiger partial charge in [0.15, 0.2) is 10.3 Å². The predicted octanol–water partition coefficient (Wildman–Crippen LogP) is 3.09. The molecule has 1 fully saturated rings. The van der Waals surface area contributed by atoms with Gasteiger partial charge in [-0.3, -0.25) is 4.79 Å². The Balaban J connectivity index is 1.68. The lowest BCUT2D eigenvalue weighted by Crippen LogP contribution is -2.23. The second kappa shape index (κ2) is 6.26. The number of nitrogens with zero attached hydrogens (tertiary/aromatic N) is 4. The number of pyridine rings is 1. The standard InChI is InChI=1S/C14H16ClN5OS/c1-8(13(21)17-11-4-3-7-16-12(11)15)22-14-19-18-9(2)20(14)10-5-6-10/h3-4,7-8,10H,5-6H2,1-2H3,(H,17,21)/t8-/m1/s1. The molecule has 2 heterocycles. The van der Waals surface area contributed by atoms with Gasteiger partial charge in [0.2, 0.25) is 5.91 Å². The van der Waals surface area contributed by atoms with E-state index in [9.17, 15) is 4.79 Å². The second-order valence-corrected chi connectivity index (χ2v) is 6.89. The van der Waals surface area contributed by atoms with Crippen LogP contribution in [-0.2, 0) is 4.79 Å². The number of aryl methyl sites for hydroxylation is 1. The number of thioether (sulfide) groups is 1. The lowest BCUT2D eigenvalue weighted by Gasteiger charge is -2.13. The lowest BCUT2D eigenvalue weighted by atomic mass is 10.4. The monoisotopic (exact) mass is 337 g/mol. The van der Waals surface area contributed by atoms with Gasteiger partial charge in [-0.05, 0) is 38.8 Å². The molecule has 22 heavy (non-hydrogen) atoms. The smallest absolute Gasteiger partial charge is 0.237 e. The van der Waals surface area contributed by atoms with E-state index in [1.807, 2.05) is 13.8 Å². The molecule has 0 unspecified atom stereocenters. The van der Waals surface area contributed by atoms with Gasteiger partial charge < -0.3 is 9.88 Å². The van der Waals surface area contributed by atoms with Crippen molar-refractivity contribution in [3.05, 3.63) is 29.3 Å². The van der Waals surface area contributed by atoms with Gasteiger partial charge >= 0.3 is 0 Å². The summed E-state index contributed by atoms with van der Waals surface area (Å²) in [7, 11) is 0. The van der Waals surface area contributed by atoms with Gasteiger partial charge in [-0.25, -0.2) is 4.98 Å². The summed E-state index contributed by atoms with van der Waals surface area (Å²) >= 11 is 7.36. The zero-order chi connectivity index (χ0) is 15.7. The van der Waals surface area contributed by atoms with Crippen molar-refractivity contribution in [3.63, 3.8) is 0 Å². The van der Waals surface area contributed by atoms with Crippen molar-refractivity contribution in [1.29, 1.82) is 0 Å². The summed E-state index contributed by atoms with van der Waals surface area (Å²) in [6.07, 6.45) is 3.88. The van der Waals surface area contributed by atoms with Gasteiger partial charge in [-0.1, -0.05) is 23.4 Å². The molecule has 1 saturated carbocycles. The van der Waals surface area contributed by atoms with Gasteiger partial charge in [0.05, 0.1) is 10.9 Å². The predicted molar refractivity (Wildman–Crippen MR) is 86.2 cm³/mol. The van der Waals surface area contributed by atoms with Crippen LogP contribution in [0.2, 0.25) is 5.15 Å². The number of hydrogen-bond donors (Lipinski definition) is 1. The first-order valence-corrected chi connectivity index (χ1v) is 8.31. The van der Waals surface area contributed by atoms with Crippen LogP contribution < -0.4 is 5.32 Å². The number of hydrogen-bond acceptors (Lipinski definition) is 5. The molecular formula is C14H16ClN5OS. The maximum absolute atomic E-state index is 12.3. The number of amides is 1. The topological polar surface area (TPSA) is 72.7 Å². The van der Waals surface area contributed by atoms with Crippen LogP contribution in [0.15, 0.2) is 23.5 Å². The first-order chi connectivity index (χ1) is 10.6. The number of nitrogens with one attached hydrogen (secondary N) is 1. The average molecular weight is 338 g/mol. The van der Waals surface area contributed by atoms with Crippen LogP contribution in [0.25, 0.3) is 0 Å². The fourth-order valence-corrected chi connectivity index (χ4v) is 3.24. The zero-order valence-electron chi connectivity index (χ0n) is 12.3. The molecule has 0 saturated heterocycles. The summed E-state index contributed by atoms with van der Waals surface area (Å²) < 4.78 is 2.12.